The molecule has 0 spiro atoms. The lowest BCUT2D eigenvalue weighted by Crippen LogP contribution is -2.26. The van der Waals surface area contributed by atoms with Crippen LogP contribution >= 0.6 is 11.3 Å². The average Bonchev–Trinajstić information content (AvgIpc) is 3.28. The van der Waals surface area contributed by atoms with Crippen molar-refractivity contribution >= 4 is 35.0 Å². The highest BCUT2D eigenvalue weighted by molar-refractivity contribution is 7.12. The van der Waals surface area contributed by atoms with Crippen molar-refractivity contribution in [2.45, 2.75) is 27.2 Å². The van der Waals surface area contributed by atoms with E-state index in [4.69, 9.17) is 9.47 Å². The first kappa shape index (κ1) is 21.4. The third kappa shape index (κ3) is 5.29. The van der Waals surface area contributed by atoms with Gasteiger partial charge in [0.15, 0.2) is 6.61 Å². The molecule has 2 heterocycles. The van der Waals surface area contributed by atoms with E-state index in [0.29, 0.717) is 21.7 Å². The second kappa shape index (κ2) is 9.84. The van der Waals surface area contributed by atoms with Crippen LogP contribution in [0.2, 0.25) is 0 Å². The van der Waals surface area contributed by atoms with Crippen LogP contribution in [0.25, 0.3) is 0 Å². The number of hydrogen-bond acceptors (Lipinski definition) is 7. The number of aryl methyl sites for hydroxylation is 1. The van der Waals surface area contributed by atoms with E-state index in [0.717, 1.165) is 0 Å². The van der Waals surface area contributed by atoms with Crippen molar-refractivity contribution in [2.75, 3.05) is 19.8 Å². The number of ketones is 1. The van der Waals surface area contributed by atoms with E-state index in [2.05, 4.69) is 10.3 Å². The van der Waals surface area contributed by atoms with Crippen LogP contribution in [0.4, 0.5) is 0 Å². The Bertz CT molecular complexity index is 869. The third-order valence-corrected chi connectivity index (χ3v) is 4.79. The zero-order valence-electron chi connectivity index (χ0n) is 15.9. The molecule has 9 heteroatoms. The smallest absolute Gasteiger partial charge is 0.355 e. The van der Waals surface area contributed by atoms with Gasteiger partial charge >= 0.3 is 11.9 Å². The Morgan fingerprint density at radius 1 is 1.18 bits per heavy atom. The molecule has 2 aromatic rings. The van der Waals surface area contributed by atoms with Crippen molar-refractivity contribution in [1.82, 2.24) is 10.3 Å². The van der Waals surface area contributed by atoms with E-state index >= 15 is 0 Å². The fraction of sp³-hybridized carbons (Fsp3) is 0.368. The lowest BCUT2D eigenvalue weighted by Gasteiger charge is -2.06. The Labute approximate surface area is 166 Å². The van der Waals surface area contributed by atoms with Crippen LogP contribution in [0.5, 0.6) is 0 Å². The number of hydrogen-bond donors (Lipinski definition) is 2. The molecule has 0 aliphatic carbocycles. The number of amides is 1. The SMILES string of the molecule is CCOC(=O)c1[nH]c(C)c(C(=O)COC(=O)CCNC(=O)c2cccs2)c1C. The van der Waals surface area contributed by atoms with Gasteiger partial charge in [0.25, 0.3) is 5.91 Å². The van der Waals surface area contributed by atoms with E-state index < -0.39 is 24.3 Å². The number of carbonyl (C=O) groups is 4. The summed E-state index contributed by atoms with van der Waals surface area (Å²) in [6.07, 6.45) is -0.0520. The summed E-state index contributed by atoms with van der Waals surface area (Å²) in [5, 5.41) is 4.40. The summed E-state index contributed by atoms with van der Waals surface area (Å²) >= 11 is 1.30. The summed E-state index contributed by atoms with van der Waals surface area (Å²) < 4.78 is 9.94. The fourth-order valence-electron chi connectivity index (χ4n) is 2.64. The molecule has 0 unspecified atom stereocenters. The summed E-state index contributed by atoms with van der Waals surface area (Å²) in [6.45, 7) is 4.87. The minimum Gasteiger partial charge on any atom is -0.461 e. The number of thiophene rings is 1. The molecule has 28 heavy (non-hydrogen) atoms. The topological polar surface area (TPSA) is 115 Å². The van der Waals surface area contributed by atoms with Gasteiger partial charge in [0, 0.05) is 17.8 Å². The molecule has 0 aliphatic rings. The molecule has 0 fully saturated rings. The van der Waals surface area contributed by atoms with Crippen LogP contribution in [0.1, 0.15) is 55.1 Å². The van der Waals surface area contributed by atoms with Crippen molar-refractivity contribution in [2.24, 2.45) is 0 Å². The van der Waals surface area contributed by atoms with Gasteiger partial charge in [-0.25, -0.2) is 4.79 Å². The Hall–Kier alpha value is -2.94. The van der Waals surface area contributed by atoms with Crippen LogP contribution < -0.4 is 5.32 Å². The molecule has 150 valence electrons. The van der Waals surface area contributed by atoms with Crippen LogP contribution in [0.3, 0.4) is 0 Å². The first-order valence-corrected chi connectivity index (χ1v) is 9.59. The summed E-state index contributed by atoms with van der Waals surface area (Å²) in [7, 11) is 0. The van der Waals surface area contributed by atoms with Crippen molar-refractivity contribution < 1.29 is 28.7 Å². The quantitative estimate of drug-likeness (QED) is 0.488. The second-order valence-corrected chi connectivity index (χ2v) is 6.86. The van der Waals surface area contributed by atoms with Gasteiger partial charge in [0.05, 0.1) is 17.9 Å². The standard InChI is InChI=1S/C19H22N2O6S/c1-4-26-19(25)17-11(2)16(12(3)21-17)13(22)10-27-15(23)7-8-20-18(24)14-6-5-9-28-14/h5-6,9,21H,4,7-8,10H2,1-3H3,(H,20,24). The zero-order chi connectivity index (χ0) is 20.7. The van der Waals surface area contributed by atoms with Gasteiger partial charge in [-0.3, -0.25) is 14.4 Å². The molecule has 0 bridgehead atoms. The molecule has 0 atom stereocenters. The molecule has 8 nitrogen and oxygen atoms in total. The maximum Gasteiger partial charge on any atom is 0.355 e. The van der Waals surface area contributed by atoms with Crippen molar-refractivity contribution in [3.05, 3.63) is 44.9 Å². The van der Waals surface area contributed by atoms with Crippen LogP contribution in [-0.2, 0) is 14.3 Å². The monoisotopic (exact) mass is 406 g/mol. The number of aromatic nitrogens is 1. The Balaban J connectivity index is 1.84. The Morgan fingerprint density at radius 3 is 2.57 bits per heavy atom. The van der Waals surface area contributed by atoms with Gasteiger partial charge < -0.3 is 19.8 Å². The fourth-order valence-corrected chi connectivity index (χ4v) is 3.28. The molecule has 0 aromatic carbocycles. The molecule has 1 amide bonds. The maximum absolute atomic E-state index is 12.4. The highest BCUT2D eigenvalue weighted by Crippen LogP contribution is 2.19. The highest BCUT2D eigenvalue weighted by atomic mass is 32.1. The minimum absolute atomic E-state index is 0.0520. The first-order chi connectivity index (χ1) is 13.3. The predicted octanol–water partition coefficient (Wildman–Crippen LogP) is 2.42. The van der Waals surface area contributed by atoms with Crippen molar-refractivity contribution in [3.8, 4) is 0 Å². The number of nitrogens with one attached hydrogen (secondary N) is 2. The normalized spacial score (nSPS) is 10.4. The van der Waals surface area contributed by atoms with Crippen LogP contribution in [-0.4, -0.2) is 48.4 Å². The molecule has 0 saturated carbocycles. The molecule has 2 aromatic heterocycles. The van der Waals surface area contributed by atoms with Gasteiger partial charge in [-0.2, -0.15) is 0 Å². The van der Waals surface area contributed by atoms with Gasteiger partial charge in [0.1, 0.15) is 5.69 Å². The highest BCUT2D eigenvalue weighted by Gasteiger charge is 2.23. The molecule has 0 saturated heterocycles. The van der Waals surface area contributed by atoms with Gasteiger partial charge in [-0.05, 0) is 37.8 Å². The number of H-pyrrole nitrogens is 1. The van der Waals surface area contributed by atoms with Crippen LogP contribution in [0.15, 0.2) is 17.5 Å². The number of rotatable bonds is 9. The van der Waals surface area contributed by atoms with Crippen LogP contribution in [0, 0.1) is 13.8 Å². The van der Waals surface area contributed by atoms with E-state index in [-0.39, 0.29) is 31.2 Å². The summed E-state index contributed by atoms with van der Waals surface area (Å²) in [4.78, 5) is 51.3. The summed E-state index contributed by atoms with van der Waals surface area (Å²) in [5.74, 6) is -1.82. The Morgan fingerprint density at radius 2 is 1.93 bits per heavy atom. The molecule has 2 rings (SSSR count). The maximum atomic E-state index is 12.4. The number of ether oxygens (including phenoxy) is 2. The van der Waals surface area contributed by atoms with E-state index in [1.807, 2.05) is 0 Å². The minimum atomic E-state index is -0.601. The van der Waals surface area contributed by atoms with Gasteiger partial charge in [-0.15, -0.1) is 11.3 Å². The first-order valence-electron chi connectivity index (χ1n) is 8.72. The second-order valence-electron chi connectivity index (χ2n) is 5.91. The van der Waals surface area contributed by atoms with Gasteiger partial charge in [-0.1, -0.05) is 6.07 Å². The molecule has 0 aliphatic heterocycles. The lowest BCUT2D eigenvalue weighted by atomic mass is 10.1. The number of carbonyl (C=O) groups excluding carboxylic acids is 4. The number of esters is 2. The zero-order valence-corrected chi connectivity index (χ0v) is 16.7. The third-order valence-electron chi connectivity index (χ3n) is 3.92. The largest absolute Gasteiger partial charge is 0.461 e. The molecule has 2 N–H and O–H groups in total. The van der Waals surface area contributed by atoms with E-state index in [1.54, 1.807) is 38.3 Å². The lowest BCUT2D eigenvalue weighted by molar-refractivity contribution is -0.142. The summed E-state index contributed by atoms with van der Waals surface area (Å²) in [6, 6.07) is 3.45. The van der Waals surface area contributed by atoms with E-state index in [1.165, 1.54) is 11.3 Å². The van der Waals surface area contributed by atoms with Crippen molar-refractivity contribution in [1.29, 1.82) is 0 Å². The number of aromatic amines is 1. The van der Waals surface area contributed by atoms with Crippen molar-refractivity contribution in [3.63, 3.8) is 0 Å². The van der Waals surface area contributed by atoms with E-state index in [9.17, 15) is 19.2 Å². The average molecular weight is 406 g/mol. The molecule has 0 radical (unpaired) electrons. The predicted molar refractivity (Wildman–Crippen MR) is 103 cm³/mol. The number of Topliss-reactive ketones (excluding diaryl/α,β-unsaturated/α-hetero) is 1. The van der Waals surface area contributed by atoms with Gasteiger partial charge in [0.2, 0.25) is 5.78 Å². The Kier molecular flexibility index (Phi) is 7.51. The summed E-state index contributed by atoms with van der Waals surface area (Å²) in [5.41, 5.74) is 1.48. The molecular weight excluding hydrogens is 384 g/mol. The molecular formula is C19H22N2O6S.